The normalized spacial score (nSPS) is 12.6. The topological polar surface area (TPSA) is 93.8 Å². The average molecular weight is 390 g/mol. The molecule has 8 nitrogen and oxygen atoms in total. The predicted molar refractivity (Wildman–Crippen MR) is 110 cm³/mol. The lowest BCUT2D eigenvalue weighted by Crippen LogP contribution is -2.44. The van der Waals surface area contributed by atoms with Crippen LogP contribution in [0.4, 0.5) is 0 Å². The summed E-state index contributed by atoms with van der Waals surface area (Å²) in [4.78, 5) is 8.69. The molecule has 0 spiro atoms. The van der Waals surface area contributed by atoms with Crippen molar-refractivity contribution in [3.63, 3.8) is 0 Å². The Labute approximate surface area is 166 Å². The number of benzene rings is 1. The second-order valence-electron chi connectivity index (χ2n) is 6.55. The van der Waals surface area contributed by atoms with Gasteiger partial charge in [0.05, 0.1) is 13.7 Å². The standard InChI is InChI=1S/C20H31N5O3/c1-15(14-26-3)23-20(21-2)22-13-7-5-6-8-18-24-19(25-28-18)16-9-11-17(27-4)12-10-16/h9-12,15H,5-8,13-14H2,1-4H3,(H2,21,22,23). The summed E-state index contributed by atoms with van der Waals surface area (Å²) in [6.45, 7) is 3.56. The number of aryl methyl sites for hydroxylation is 1. The summed E-state index contributed by atoms with van der Waals surface area (Å²) in [6, 6.07) is 7.84. The van der Waals surface area contributed by atoms with E-state index in [1.54, 1.807) is 21.3 Å². The quantitative estimate of drug-likeness (QED) is 0.347. The smallest absolute Gasteiger partial charge is 0.226 e. The monoisotopic (exact) mass is 389 g/mol. The van der Waals surface area contributed by atoms with Crippen LogP contribution in [-0.2, 0) is 11.2 Å². The largest absolute Gasteiger partial charge is 0.497 e. The van der Waals surface area contributed by atoms with Crippen LogP contribution in [0.25, 0.3) is 11.4 Å². The van der Waals surface area contributed by atoms with E-state index in [-0.39, 0.29) is 6.04 Å². The van der Waals surface area contributed by atoms with Crippen LogP contribution >= 0.6 is 0 Å². The minimum Gasteiger partial charge on any atom is -0.497 e. The van der Waals surface area contributed by atoms with E-state index >= 15 is 0 Å². The van der Waals surface area contributed by atoms with Gasteiger partial charge in [-0.15, -0.1) is 0 Å². The van der Waals surface area contributed by atoms with Crippen LogP contribution < -0.4 is 15.4 Å². The molecular formula is C20H31N5O3. The van der Waals surface area contributed by atoms with Crippen LogP contribution in [0, 0.1) is 0 Å². The first-order chi connectivity index (χ1) is 13.7. The van der Waals surface area contributed by atoms with Crippen LogP contribution in [0.3, 0.4) is 0 Å². The molecule has 1 heterocycles. The molecule has 2 rings (SSSR count). The second-order valence-corrected chi connectivity index (χ2v) is 6.55. The molecule has 0 saturated carbocycles. The molecule has 2 N–H and O–H groups in total. The third-order valence-corrected chi connectivity index (χ3v) is 4.20. The molecule has 8 heteroatoms. The van der Waals surface area contributed by atoms with E-state index in [9.17, 15) is 0 Å². The van der Waals surface area contributed by atoms with Crippen molar-refractivity contribution < 1.29 is 14.0 Å². The molecule has 0 aliphatic heterocycles. The molecule has 0 radical (unpaired) electrons. The SMILES string of the molecule is CN=C(NCCCCCc1nc(-c2ccc(OC)cc2)no1)NC(C)COC. The highest BCUT2D eigenvalue weighted by Crippen LogP contribution is 2.20. The Kier molecular flexibility index (Phi) is 9.27. The van der Waals surface area contributed by atoms with Gasteiger partial charge in [-0.1, -0.05) is 11.6 Å². The summed E-state index contributed by atoms with van der Waals surface area (Å²) in [5.41, 5.74) is 0.918. The fraction of sp³-hybridized carbons (Fsp3) is 0.550. The molecule has 2 aromatic rings. The number of rotatable bonds is 11. The lowest BCUT2D eigenvalue weighted by molar-refractivity contribution is 0.179. The molecule has 1 atom stereocenters. The molecule has 0 amide bonds. The third kappa shape index (κ3) is 7.19. The summed E-state index contributed by atoms with van der Waals surface area (Å²) in [5, 5.41) is 10.7. The van der Waals surface area contributed by atoms with Gasteiger partial charge in [-0.3, -0.25) is 4.99 Å². The second kappa shape index (κ2) is 12.0. The Morgan fingerprint density at radius 2 is 1.96 bits per heavy atom. The first kappa shape index (κ1) is 21.7. The van der Waals surface area contributed by atoms with Crippen molar-refractivity contribution in [1.29, 1.82) is 0 Å². The first-order valence-corrected chi connectivity index (χ1v) is 9.59. The number of unbranched alkanes of at least 4 members (excludes halogenated alkanes) is 2. The number of hydrogen-bond donors (Lipinski definition) is 2. The molecule has 0 bridgehead atoms. The van der Waals surface area contributed by atoms with Crippen molar-refractivity contribution in [2.75, 3.05) is 34.4 Å². The van der Waals surface area contributed by atoms with Gasteiger partial charge >= 0.3 is 0 Å². The van der Waals surface area contributed by atoms with Gasteiger partial charge in [0.15, 0.2) is 5.96 Å². The summed E-state index contributed by atoms with van der Waals surface area (Å²) in [7, 11) is 5.11. The van der Waals surface area contributed by atoms with Crippen molar-refractivity contribution >= 4 is 5.96 Å². The van der Waals surface area contributed by atoms with Crippen molar-refractivity contribution in [3.05, 3.63) is 30.2 Å². The fourth-order valence-electron chi connectivity index (χ4n) is 2.72. The van der Waals surface area contributed by atoms with Gasteiger partial charge in [0.25, 0.3) is 0 Å². The van der Waals surface area contributed by atoms with Gasteiger partial charge in [0, 0.05) is 38.7 Å². The minimum atomic E-state index is 0.216. The van der Waals surface area contributed by atoms with E-state index in [2.05, 4.69) is 32.7 Å². The third-order valence-electron chi connectivity index (χ3n) is 4.20. The van der Waals surface area contributed by atoms with E-state index < -0.39 is 0 Å². The first-order valence-electron chi connectivity index (χ1n) is 9.59. The molecule has 1 aromatic heterocycles. The highest BCUT2D eigenvalue weighted by Gasteiger charge is 2.09. The lowest BCUT2D eigenvalue weighted by Gasteiger charge is -2.17. The zero-order valence-electron chi connectivity index (χ0n) is 17.2. The van der Waals surface area contributed by atoms with Gasteiger partial charge in [0.1, 0.15) is 5.75 Å². The van der Waals surface area contributed by atoms with Gasteiger partial charge in [-0.25, -0.2) is 0 Å². The number of nitrogens with zero attached hydrogens (tertiary/aromatic N) is 3. The molecule has 0 aliphatic rings. The van der Waals surface area contributed by atoms with Gasteiger partial charge in [-0.2, -0.15) is 4.98 Å². The van der Waals surface area contributed by atoms with Crippen LogP contribution in [0.1, 0.15) is 32.1 Å². The van der Waals surface area contributed by atoms with Crippen molar-refractivity contribution in [2.24, 2.45) is 4.99 Å². The number of aliphatic imine (C=N–C) groups is 1. The average Bonchev–Trinajstić information content (AvgIpc) is 3.18. The Morgan fingerprint density at radius 1 is 1.18 bits per heavy atom. The lowest BCUT2D eigenvalue weighted by atomic mass is 10.2. The van der Waals surface area contributed by atoms with Crippen molar-refractivity contribution in [1.82, 2.24) is 20.8 Å². The van der Waals surface area contributed by atoms with Crippen LogP contribution in [0.15, 0.2) is 33.8 Å². The van der Waals surface area contributed by atoms with Crippen LogP contribution in [-0.4, -0.2) is 56.6 Å². The Morgan fingerprint density at radius 3 is 2.64 bits per heavy atom. The van der Waals surface area contributed by atoms with E-state index in [1.165, 1.54) is 0 Å². The number of methoxy groups -OCH3 is 2. The van der Waals surface area contributed by atoms with E-state index in [0.717, 1.165) is 49.5 Å². The molecule has 0 fully saturated rings. The van der Waals surface area contributed by atoms with E-state index in [4.69, 9.17) is 14.0 Å². The molecule has 1 unspecified atom stereocenters. The van der Waals surface area contributed by atoms with Gasteiger partial charge in [0.2, 0.25) is 11.7 Å². The zero-order chi connectivity index (χ0) is 20.2. The van der Waals surface area contributed by atoms with E-state index in [0.29, 0.717) is 18.3 Å². The summed E-state index contributed by atoms with van der Waals surface area (Å²) in [5.74, 6) is 2.88. The molecule has 28 heavy (non-hydrogen) atoms. The Balaban J connectivity index is 1.65. The molecular weight excluding hydrogens is 358 g/mol. The molecule has 0 aliphatic carbocycles. The van der Waals surface area contributed by atoms with Gasteiger partial charge < -0.3 is 24.6 Å². The Bertz CT molecular complexity index is 715. The maximum atomic E-state index is 5.36. The number of nitrogens with one attached hydrogen (secondary N) is 2. The maximum Gasteiger partial charge on any atom is 0.226 e. The summed E-state index contributed by atoms with van der Waals surface area (Å²) >= 11 is 0. The van der Waals surface area contributed by atoms with Crippen molar-refractivity contribution in [3.8, 4) is 17.1 Å². The number of ether oxygens (including phenoxy) is 2. The number of aromatic nitrogens is 2. The number of guanidine groups is 1. The number of hydrogen-bond acceptors (Lipinski definition) is 6. The molecule has 1 aromatic carbocycles. The molecule has 154 valence electrons. The predicted octanol–water partition coefficient (Wildman–Crippen LogP) is 2.66. The zero-order valence-corrected chi connectivity index (χ0v) is 17.2. The summed E-state index contributed by atoms with van der Waals surface area (Å²) < 4.78 is 15.6. The Hall–Kier alpha value is -2.61. The van der Waals surface area contributed by atoms with Crippen LogP contribution in [0.5, 0.6) is 5.75 Å². The summed E-state index contributed by atoms with van der Waals surface area (Å²) in [6.07, 6.45) is 3.88. The highest BCUT2D eigenvalue weighted by atomic mass is 16.5. The fourth-order valence-corrected chi connectivity index (χ4v) is 2.72. The van der Waals surface area contributed by atoms with Crippen LogP contribution in [0.2, 0.25) is 0 Å². The van der Waals surface area contributed by atoms with Crippen molar-refractivity contribution in [2.45, 2.75) is 38.6 Å². The maximum absolute atomic E-state index is 5.36. The van der Waals surface area contributed by atoms with E-state index in [1.807, 2.05) is 24.3 Å². The molecule has 0 saturated heterocycles. The van der Waals surface area contributed by atoms with Gasteiger partial charge in [-0.05, 0) is 44.0 Å². The highest BCUT2D eigenvalue weighted by molar-refractivity contribution is 5.79. The minimum absolute atomic E-state index is 0.216.